The molecule has 0 fully saturated rings. The first-order valence-corrected chi connectivity index (χ1v) is 16.0. The van der Waals surface area contributed by atoms with Crippen LogP contribution in [-0.2, 0) is 4.43 Å². The zero-order chi connectivity index (χ0) is 20.0. The fraction of sp³-hybridized carbons (Fsp3) is 0.565. The summed E-state index contributed by atoms with van der Waals surface area (Å²) in [5.74, 6) is 1.08. The minimum atomic E-state index is -1.93. The Balaban J connectivity index is 3.24. The van der Waals surface area contributed by atoms with Crippen LogP contribution in [0, 0.1) is 0 Å². The predicted octanol–water partition coefficient (Wildman–Crippen LogP) is 8.11. The van der Waals surface area contributed by atoms with Crippen LogP contribution in [0.3, 0.4) is 0 Å². The first-order valence-electron chi connectivity index (χ1n) is 10.1. The molecule has 1 aromatic rings. The van der Waals surface area contributed by atoms with Crippen LogP contribution in [0.5, 0.6) is 0 Å². The topological polar surface area (TPSA) is 9.23 Å². The van der Waals surface area contributed by atoms with E-state index < -0.39 is 16.4 Å². The van der Waals surface area contributed by atoms with Gasteiger partial charge >= 0.3 is 0 Å². The Hall–Kier alpha value is -1.07. The average Bonchev–Trinajstić information content (AvgIpc) is 2.53. The van der Waals surface area contributed by atoms with Crippen molar-refractivity contribution in [1.82, 2.24) is 0 Å². The third kappa shape index (κ3) is 6.58. The van der Waals surface area contributed by atoms with Gasteiger partial charge < -0.3 is 4.43 Å². The molecule has 0 spiro atoms. The molecular formula is C23H40OSi2. The van der Waals surface area contributed by atoms with Gasteiger partial charge in [0.05, 0.1) is 5.76 Å². The average molecular weight is 389 g/mol. The summed E-state index contributed by atoms with van der Waals surface area (Å²) < 4.78 is 6.98. The van der Waals surface area contributed by atoms with Crippen molar-refractivity contribution < 1.29 is 4.43 Å². The molecule has 3 heteroatoms. The van der Waals surface area contributed by atoms with E-state index in [0.717, 1.165) is 11.8 Å². The Morgan fingerprint density at radius 3 is 1.81 bits per heavy atom. The number of rotatable bonds is 9. The molecule has 0 aliphatic rings. The van der Waals surface area contributed by atoms with Gasteiger partial charge in [0.2, 0.25) is 0 Å². The first kappa shape index (κ1) is 23.0. The fourth-order valence-electron chi connectivity index (χ4n) is 3.85. The van der Waals surface area contributed by atoms with E-state index in [1.165, 1.54) is 5.56 Å². The zero-order valence-electron chi connectivity index (χ0n) is 18.5. The summed E-state index contributed by atoms with van der Waals surface area (Å²) in [6.07, 6.45) is 6.75. The Kier molecular flexibility index (Phi) is 8.61. The van der Waals surface area contributed by atoms with Crippen molar-refractivity contribution in [1.29, 1.82) is 0 Å². The summed E-state index contributed by atoms with van der Waals surface area (Å²) >= 11 is 0. The summed E-state index contributed by atoms with van der Waals surface area (Å²) in [6, 6.07) is 11.7. The van der Waals surface area contributed by atoms with Crippen molar-refractivity contribution in [2.45, 2.75) is 83.9 Å². The molecule has 0 atom stereocenters. The largest absolute Gasteiger partial charge is 0.543 e. The molecule has 26 heavy (non-hydrogen) atoms. The second kappa shape index (κ2) is 9.75. The quantitative estimate of drug-likeness (QED) is 0.236. The van der Waals surface area contributed by atoms with Gasteiger partial charge in [0.1, 0.15) is 0 Å². The third-order valence-electron chi connectivity index (χ3n) is 5.16. The van der Waals surface area contributed by atoms with Crippen LogP contribution in [0.1, 0.15) is 47.1 Å². The van der Waals surface area contributed by atoms with Gasteiger partial charge in [0, 0.05) is 8.07 Å². The van der Waals surface area contributed by atoms with Crippen molar-refractivity contribution in [3.05, 3.63) is 53.8 Å². The molecule has 0 saturated heterocycles. The number of hydrogen-bond acceptors (Lipinski definition) is 1. The smallest absolute Gasteiger partial charge is 0.258 e. The summed E-state index contributed by atoms with van der Waals surface area (Å²) in [6.45, 7) is 21.4. The van der Waals surface area contributed by atoms with E-state index in [1.807, 2.05) is 0 Å². The lowest BCUT2D eigenvalue weighted by atomic mass is 10.2. The maximum Gasteiger partial charge on any atom is 0.258 e. The SMILES string of the molecule is CC(C)[Si](OC(/C=C/c1ccccc1)=C/C[Si](C)(C)C)(C(C)C)C(C)C. The van der Waals surface area contributed by atoms with Crippen LogP contribution in [0.4, 0.5) is 0 Å². The Morgan fingerprint density at radius 1 is 0.885 bits per heavy atom. The molecule has 1 rings (SSSR count). The van der Waals surface area contributed by atoms with Gasteiger partial charge in [-0.3, -0.25) is 0 Å². The van der Waals surface area contributed by atoms with Crippen LogP contribution in [0.2, 0.25) is 42.3 Å². The Bertz CT molecular complexity index is 571. The lowest BCUT2D eigenvalue weighted by Gasteiger charge is -2.42. The molecule has 0 amide bonds. The van der Waals surface area contributed by atoms with E-state index in [-0.39, 0.29) is 0 Å². The van der Waals surface area contributed by atoms with Crippen LogP contribution >= 0.6 is 0 Å². The Morgan fingerprint density at radius 2 is 1.38 bits per heavy atom. The number of allylic oxidation sites excluding steroid dienone is 2. The van der Waals surface area contributed by atoms with E-state index in [9.17, 15) is 0 Å². The highest BCUT2D eigenvalue weighted by atomic mass is 28.4. The van der Waals surface area contributed by atoms with Gasteiger partial charge in [0.25, 0.3) is 8.32 Å². The highest BCUT2D eigenvalue weighted by Crippen LogP contribution is 2.43. The molecular weight excluding hydrogens is 348 g/mol. The predicted molar refractivity (Wildman–Crippen MR) is 124 cm³/mol. The van der Waals surface area contributed by atoms with Crippen molar-refractivity contribution in [2.24, 2.45) is 0 Å². The molecule has 0 radical (unpaired) electrons. The monoisotopic (exact) mass is 388 g/mol. The van der Waals surface area contributed by atoms with Gasteiger partial charge in [-0.05, 0) is 40.4 Å². The summed E-state index contributed by atoms with van der Waals surface area (Å²) in [5.41, 5.74) is 2.98. The molecule has 146 valence electrons. The van der Waals surface area contributed by atoms with Gasteiger partial charge in [-0.25, -0.2) is 0 Å². The molecule has 0 bridgehead atoms. The van der Waals surface area contributed by atoms with E-state index in [2.05, 4.69) is 110 Å². The van der Waals surface area contributed by atoms with Crippen molar-refractivity contribution in [3.8, 4) is 0 Å². The number of hydrogen-bond donors (Lipinski definition) is 0. The molecule has 0 saturated carbocycles. The lowest BCUT2D eigenvalue weighted by molar-refractivity contribution is 0.386. The van der Waals surface area contributed by atoms with Gasteiger partial charge in [-0.2, -0.15) is 0 Å². The standard InChI is InChI=1S/C23H40OSi2/c1-19(2)26(20(3)4,21(5)6)24-23(17-18-25(7,8)9)16-15-22-13-11-10-12-14-22/h10-17,19-21H,18H2,1-9H3/b16-15+,23-17+. The van der Waals surface area contributed by atoms with Gasteiger partial charge in [-0.1, -0.05) is 97.6 Å². The molecule has 0 aliphatic heterocycles. The molecule has 0 aromatic heterocycles. The lowest BCUT2D eigenvalue weighted by Crippen LogP contribution is -2.47. The molecule has 0 unspecified atom stereocenters. The molecule has 0 heterocycles. The van der Waals surface area contributed by atoms with Gasteiger partial charge in [-0.15, -0.1) is 0 Å². The van der Waals surface area contributed by atoms with Crippen LogP contribution < -0.4 is 0 Å². The Labute approximate surface area is 164 Å². The van der Waals surface area contributed by atoms with E-state index in [1.54, 1.807) is 0 Å². The van der Waals surface area contributed by atoms with E-state index in [0.29, 0.717) is 16.6 Å². The summed E-state index contributed by atoms with van der Waals surface area (Å²) in [5, 5.41) is 0. The first-order chi connectivity index (χ1) is 12.0. The van der Waals surface area contributed by atoms with E-state index >= 15 is 0 Å². The molecule has 1 nitrogen and oxygen atoms in total. The van der Waals surface area contributed by atoms with Crippen LogP contribution in [0.15, 0.2) is 48.2 Å². The maximum absolute atomic E-state index is 6.98. The van der Waals surface area contributed by atoms with E-state index in [4.69, 9.17) is 4.43 Å². The molecule has 0 aliphatic carbocycles. The van der Waals surface area contributed by atoms with Crippen LogP contribution in [-0.4, -0.2) is 16.4 Å². The van der Waals surface area contributed by atoms with Gasteiger partial charge in [0.15, 0.2) is 0 Å². The minimum absolute atomic E-state index is 0.586. The summed E-state index contributed by atoms with van der Waals surface area (Å²) in [7, 11) is -3.09. The summed E-state index contributed by atoms with van der Waals surface area (Å²) in [4.78, 5) is 0. The van der Waals surface area contributed by atoms with Crippen molar-refractivity contribution >= 4 is 22.5 Å². The second-order valence-electron chi connectivity index (χ2n) is 9.54. The second-order valence-corrected chi connectivity index (χ2v) is 20.4. The molecule has 1 aromatic carbocycles. The van der Waals surface area contributed by atoms with Crippen LogP contribution in [0.25, 0.3) is 6.08 Å². The normalized spacial score (nSPS) is 14.1. The van der Waals surface area contributed by atoms with Crippen molar-refractivity contribution in [3.63, 3.8) is 0 Å². The maximum atomic E-state index is 6.98. The highest BCUT2D eigenvalue weighted by Gasteiger charge is 2.47. The number of benzene rings is 1. The molecule has 0 N–H and O–H groups in total. The minimum Gasteiger partial charge on any atom is -0.543 e. The fourth-order valence-corrected chi connectivity index (χ4v) is 9.93. The zero-order valence-corrected chi connectivity index (χ0v) is 20.5. The highest BCUT2D eigenvalue weighted by molar-refractivity contribution is 6.78. The van der Waals surface area contributed by atoms with Crippen molar-refractivity contribution in [2.75, 3.05) is 0 Å². The third-order valence-corrected chi connectivity index (χ3v) is 12.6.